The number of nitrogens with one attached hydrogen (secondary N) is 1. The van der Waals surface area contributed by atoms with Crippen LogP contribution in [-0.2, 0) is 9.53 Å². The van der Waals surface area contributed by atoms with Crippen LogP contribution in [0.4, 0.5) is 14.5 Å². The van der Waals surface area contributed by atoms with E-state index < -0.39 is 29.1 Å². The Labute approximate surface area is 146 Å². The molecule has 126 valence electrons. The number of amides is 1. The van der Waals surface area contributed by atoms with Gasteiger partial charge in [0.15, 0.2) is 0 Å². The molecule has 2 aromatic rings. The Balaban J connectivity index is 2.08. The van der Waals surface area contributed by atoms with E-state index in [0.717, 1.165) is 13.2 Å². The van der Waals surface area contributed by atoms with Crippen molar-refractivity contribution in [2.45, 2.75) is 4.90 Å². The minimum Gasteiger partial charge on any atom is -0.465 e. The molecule has 0 aliphatic carbocycles. The molecule has 2 aromatic carbocycles. The molecule has 8 heteroatoms. The Morgan fingerprint density at radius 2 is 1.92 bits per heavy atom. The highest BCUT2D eigenvalue weighted by molar-refractivity contribution is 8.00. The summed E-state index contributed by atoms with van der Waals surface area (Å²) in [6.45, 7) is 0. The summed E-state index contributed by atoms with van der Waals surface area (Å²) >= 11 is 7.14. The van der Waals surface area contributed by atoms with Crippen molar-refractivity contribution in [3.05, 3.63) is 58.6 Å². The van der Waals surface area contributed by atoms with E-state index in [1.807, 2.05) is 0 Å². The second-order valence-electron chi connectivity index (χ2n) is 4.57. The third kappa shape index (κ3) is 4.46. The lowest BCUT2D eigenvalue weighted by molar-refractivity contribution is -0.113. The molecule has 4 nitrogen and oxygen atoms in total. The van der Waals surface area contributed by atoms with E-state index in [-0.39, 0.29) is 11.4 Å². The van der Waals surface area contributed by atoms with Gasteiger partial charge in [-0.1, -0.05) is 23.7 Å². The number of benzene rings is 2. The average molecular weight is 372 g/mol. The number of carbonyl (C=O) groups is 2. The van der Waals surface area contributed by atoms with Gasteiger partial charge in [-0.05, 0) is 18.2 Å². The van der Waals surface area contributed by atoms with Crippen molar-refractivity contribution in [2.75, 3.05) is 18.2 Å². The number of carbonyl (C=O) groups excluding carboxylic acids is 2. The van der Waals surface area contributed by atoms with Gasteiger partial charge in [0.1, 0.15) is 11.6 Å². The summed E-state index contributed by atoms with van der Waals surface area (Å²) < 4.78 is 31.7. The molecule has 0 saturated heterocycles. The van der Waals surface area contributed by atoms with E-state index in [1.165, 1.54) is 11.8 Å². The zero-order valence-electron chi connectivity index (χ0n) is 12.4. The third-order valence-corrected chi connectivity index (χ3v) is 4.45. The van der Waals surface area contributed by atoms with Gasteiger partial charge in [0.2, 0.25) is 5.91 Å². The number of hydrogen-bond donors (Lipinski definition) is 1. The highest BCUT2D eigenvalue weighted by Crippen LogP contribution is 2.27. The monoisotopic (exact) mass is 371 g/mol. The van der Waals surface area contributed by atoms with E-state index in [2.05, 4.69) is 10.1 Å². The molecule has 1 amide bonds. The number of thioether (sulfide) groups is 1. The SMILES string of the molecule is COC(=O)c1cc(NC(=O)CSc2ccccc2Cl)c(F)cc1F. The largest absolute Gasteiger partial charge is 0.465 e. The Bertz CT molecular complexity index is 786. The van der Waals surface area contributed by atoms with Crippen molar-refractivity contribution in [3.63, 3.8) is 0 Å². The number of halogens is 3. The third-order valence-electron chi connectivity index (χ3n) is 2.93. The molecule has 0 radical (unpaired) electrons. The van der Waals surface area contributed by atoms with Crippen molar-refractivity contribution >= 4 is 40.9 Å². The highest BCUT2D eigenvalue weighted by atomic mass is 35.5. The van der Waals surface area contributed by atoms with Crippen molar-refractivity contribution in [1.29, 1.82) is 0 Å². The van der Waals surface area contributed by atoms with E-state index in [9.17, 15) is 18.4 Å². The molecule has 1 N–H and O–H groups in total. The minimum absolute atomic E-state index is 0.0336. The summed E-state index contributed by atoms with van der Waals surface area (Å²) in [7, 11) is 1.07. The molecule has 2 rings (SSSR count). The van der Waals surface area contributed by atoms with Gasteiger partial charge < -0.3 is 10.1 Å². The van der Waals surface area contributed by atoms with Crippen molar-refractivity contribution in [3.8, 4) is 0 Å². The molecule has 0 spiro atoms. The zero-order valence-corrected chi connectivity index (χ0v) is 14.0. The first-order valence-electron chi connectivity index (χ1n) is 6.67. The molecule has 0 unspecified atom stereocenters. The summed E-state index contributed by atoms with van der Waals surface area (Å²) in [6.07, 6.45) is 0. The van der Waals surface area contributed by atoms with Gasteiger partial charge in [-0.15, -0.1) is 11.8 Å². The molecule has 0 bridgehead atoms. The number of ether oxygens (including phenoxy) is 1. The maximum absolute atomic E-state index is 13.8. The summed E-state index contributed by atoms with van der Waals surface area (Å²) in [5.41, 5.74) is -0.769. The van der Waals surface area contributed by atoms with Crippen LogP contribution in [0.15, 0.2) is 41.3 Å². The molecular formula is C16H12ClF2NO3S. The molecule has 0 heterocycles. The quantitative estimate of drug-likeness (QED) is 0.634. The lowest BCUT2D eigenvalue weighted by Crippen LogP contribution is -2.16. The van der Waals surface area contributed by atoms with E-state index in [1.54, 1.807) is 24.3 Å². The molecule has 24 heavy (non-hydrogen) atoms. The van der Waals surface area contributed by atoms with Crippen LogP contribution in [0.1, 0.15) is 10.4 Å². The first-order chi connectivity index (χ1) is 11.4. The van der Waals surface area contributed by atoms with Crippen LogP contribution >= 0.6 is 23.4 Å². The molecule has 0 aromatic heterocycles. The van der Waals surface area contributed by atoms with Gasteiger partial charge in [-0.3, -0.25) is 4.79 Å². The van der Waals surface area contributed by atoms with Gasteiger partial charge in [0, 0.05) is 11.0 Å². The number of esters is 1. The van der Waals surface area contributed by atoms with Crippen molar-refractivity contribution in [2.24, 2.45) is 0 Å². The van der Waals surface area contributed by atoms with Crippen molar-refractivity contribution in [1.82, 2.24) is 0 Å². The number of anilines is 1. The predicted octanol–water partition coefficient (Wildman–Crippen LogP) is 4.14. The van der Waals surface area contributed by atoms with Crippen LogP contribution in [-0.4, -0.2) is 24.7 Å². The van der Waals surface area contributed by atoms with Gasteiger partial charge >= 0.3 is 5.97 Å². The number of rotatable bonds is 5. The fraction of sp³-hybridized carbons (Fsp3) is 0.125. The Morgan fingerprint density at radius 1 is 1.21 bits per heavy atom. The van der Waals surface area contributed by atoms with Gasteiger partial charge in [-0.25, -0.2) is 13.6 Å². The molecule has 0 aliphatic heterocycles. The smallest absolute Gasteiger partial charge is 0.340 e. The lowest BCUT2D eigenvalue weighted by Gasteiger charge is -2.09. The molecule has 0 aliphatic rings. The number of hydrogen-bond acceptors (Lipinski definition) is 4. The fourth-order valence-corrected chi connectivity index (χ4v) is 2.84. The van der Waals surface area contributed by atoms with Crippen LogP contribution in [0.3, 0.4) is 0 Å². The topological polar surface area (TPSA) is 55.4 Å². The van der Waals surface area contributed by atoms with E-state index >= 15 is 0 Å². The van der Waals surface area contributed by atoms with Gasteiger partial charge in [0.05, 0.1) is 29.1 Å². The van der Waals surface area contributed by atoms with Gasteiger partial charge in [0.25, 0.3) is 0 Å². The molecule has 0 atom stereocenters. The maximum Gasteiger partial charge on any atom is 0.340 e. The molecule has 0 fully saturated rings. The Hall–Kier alpha value is -2.12. The van der Waals surface area contributed by atoms with Crippen molar-refractivity contribution < 1.29 is 23.1 Å². The van der Waals surface area contributed by atoms with Crippen LogP contribution < -0.4 is 5.32 Å². The summed E-state index contributed by atoms with van der Waals surface area (Å²) in [4.78, 5) is 24.0. The van der Waals surface area contributed by atoms with Crippen LogP contribution in [0.5, 0.6) is 0 Å². The number of methoxy groups -OCH3 is 1. The zero-order chi connectivity index (χ0) is 17.7. The summed E-state index contributed by atoms with van der Waals surface area (Å²) in [5.74, 6) is -3.58. The fourth-order valence-electron chi connectivity index (χ4n) is 1.80. The second-order valence-corrected chi connectivity index (χ2v) is 6.00. The van der Waals surface area contributed by atoms with Crippen LogP contribution in [0.25, 0.3) is 0 Å². The maximum atomic E-state index is 13.8. The Kier molecular flexibility index (Phi) is 6.16. The van der Waals surface area contributed by atoms with Gasteiger partial charge in [-0.2, -0.15) is 0 Å². The van der Waals surface area contributed by atoms with E-state index in [0.29, 0.717) is 16.0 Å². The lowest BCUT2D eigenvalue weighted by atomic mass is 10.1. The highest BCUT2D eigenvalue weighted by Gasteiger charge is 2.18. The second kappa shape index (κ2) is 8.12. The minimum atomic E-state index is -1.07. The van der Waals surface area contributed by atoms with Crippen LogP contribution in [0.2, 0.25) is 5.02 Å². The first kappa shape index (κ1) is 18.2. The molecular weight excluding hydrogens is 360 g/mol. The summed E-state index contributed by atoms with van der Waals surface area (Å²) in [5, 5.41) is 2.79. The predicted molar refractivity (Wildman–Crippen MR) is 88.5 cm³/mol. The standard InChI is InChI=1S/C16H12ClF2NO3S/c1-23-16(22)9-6-13(12(19)7-11(9)18)20-15(21)8-24-14-5-3-2-4-10(14)17/h2-7H,8H2,1H3,(H,20,21). The first-order valence-corrected chi connectivity index (χ1v) is 8.03. The normalized spacial score (nSPS) is 10.3. The average Bonchev–Trinajstić information content (AvgIpc) is 2.56. The Morgan fingerprint density at radius 3 is 2.58 bits per heavy atom. The summed E-state index contributed by atoms with van der Waals surface area (Å²) in [6, 6.07) is 8.37. The molecule has 0 saturated carbocycles. The van der Waals surface area contributed by atoms with E-state index in [4.69, 9.17) is 11.6 Å². The van der Waals surface area contributed by atoms with Crippen LogP contribution in [0, 0.1) is 11.6 Å².